The second-order valence-electron chi connectivity index (χ2n) is 9.30. The number of fused-ring (bicyclic) bond motifs is 3. The maximum Gasteiger partial charge on any atom is 0.417 e. The van der Waals surface area contributed by atoms with Crippen molar-refractivity contribution < 1.29 is 27.6 Å². The van der Waals surface area contributed by atoms with E-state index in [1.165, 1.54) is 35.9 Å². The quantitative estimate of drug-likeness (QED) is 0.589. The number of anilines is 2. The summed E-state index contributed by atoms with van der Waals surface area (Å²) in [4.78, 5) is 41.2. The Hall–Kier alpha value is -3.70. The molecule has 1 saturated heterocycles. The van der Waals surface area contributed by atoms with Crippen molar-refractivity contribution in [3.05, 3.63) is 47.2 Å². The average Bonchev–Trinajstić information content (AvgIpc) is 3.69. The van der Waals surface area contributed by atoms with Crippen LogP contribution in [0.5, 0.6) is 0 Å². The molecular weight excluding hydrogens is 477 g/mol. The van der Waals surface area contributed by atoms with E-state index in [0.717, 1.165) is 30.9 Å². The highest BCUT2D eigenvalue weighted by molar-refractivity contribution is 6.05. The lowest BCUT2D eigenvalue weighted by molar-refractivity contribution is -0.138. The molecule has 0 spiro atoms. The topological polar surface area (TPSA) is 108 Å². The summed E-state index contributed by atoms with van der Waals surface area (Å²) in [6, 6.07) is 5.22. The molecule has 3 amide bonds. The maximum absolute atomic E-state index is 13.4. The summed E-state index contributed by atoms with van der Waals surface area (Å²) < 4.78 is 40.2. The number of piperazine rings is 1. The van der Waals surface area contributed by atoms with Crippen LogP contribution in [0.2, 0.25) is 0 Å². The van der Waals surface area contributed by atoms with Gasteiger partial charge in [0.25, 0.3) is 11.8 Å². The van der Waals surface area contributed by atoms with Crippen molar-refractivity contribution in [3.8, 4) is 0 Å². The third-order valence-corrected chi connectivity index (χ3v) is 6.74. The van der Waals surface area contributed by atoms with E-state index in [4.69, 9.17) is 0 Å². The first-order chi connectivity index (χ1) is 17.2. The Morgan fingerprint density at radius 2 is 1.92 bits per heavy atom. The van der Waals surface area contributed by atoms with Gasteiger partial charge in [-0.25, -0.2) is 0 Å². The number of nitrogens with zero attached hydrogens (tertiary/aromatic N) is 4. The van der Waals surface area contributed by atoms with Crippen LogP contribution < -0.4 is 15.5 Å². The normalized spacial score (nSPS) is 19.3. The van der Waals surface area contributed by atoms with E-state index in [9.17, 15) is 27.6 Å². The van der Waals surface area contributed by atoms with E-state index < -0.39 is 35.2 Å². The van der Waals surface area contributed by atoms with Crippen LogP contribution in [0, 0.1) is 5.92 Å². The first kappa shape index (κ1) is 24.0. The lowest BCUT2D eigenvalue weighted by atomic mass is 10.0. The summed E-state index contributed by atoms with van der Waals surface area (Å²) in [7, 11) is 0. The highest BCUT2D eigenvalue weighted by Crippen LogP contribution is 2.35. The molecule has 2 fully saturated rings. The van der Waals surface area contributed by atoms with Gasteiger partial charge < -0.3 is 20.4 Å². The minimum absolute atomic E-state index is 0.0801. The zero-order chi connectivity index (χ0) is 25.4. The Morgan fingerprint density at radius 1 is 1.14 bits per heavy atom. The second-order valence-corrected chi connectivity index (χ2v) is 9.30. The molecule has 190 valence electrons. The second kappa shape index (κ2) is 9.40. The Kier molecular flexibility index (Phi) is 6.27. The fraction of sp³-hybridized carbons (Fsp3) is 0.458. The van der Waals surface area contributed by atoms with Gasteiger partial charge in [0.2, 0.25) is 5.91 Å². The van der Waals surface area contributed by atoms with Gasteiger partial charge in [0.15, 0.2) is 11.5 Å². The molecule has 1 aromatic heterocycles. The molecule has 3 aliphatic rings. The fourth-order valence-electron chi connectivity index (χ4n) is 4.64. The molecule has 0 bridgehead atoms. The van der Waals surface area contributed by atoms with E-state index >= 15 is 0 Å². The summed E-state index contributed by atoms with van der Waals surface area (Å²) in [5.41, 5.74) is -1.06. The van der Waals surface area contributed by atoms with Gasteiger partial charge in [-0.3, -0.25) is 14.4 Å². The van der Waals surface area contributed by atoms with Crippen molar-refractivity contribution in [1.29, 1.82) is 0 Å². The largest absolute Gasteiger partial charge is 0.417 e. The van der Waals surface area contributed by atoms with Crippen LogP contribution in [0.15, 0.2) is 30.3 Å². The molecule has 2 aromatic rings. The number of halogens is 3. The van der Waals surface area contributed by atoms with E-state index in [0.29, 0.717) is 18.1 Å². The first-order valence-corrected chi connectivity index (χ1v) is 11.9. The van der Waals surface area contributed by atoms with E-state index in [1.54, 1.807) is 4.90 Å². The predicted molar refractivity (Wildman–Crippen MR) is 123 cm³/mol. The summed E-state index contributed by atoms with van der Waals surface area (Å²) in [5.74, 6) is -0.471. The van der Waals surface area contributed by atoms with E-state index in [2.05, 4.69) is 20.8 Å². The average molecular weight is 502 g/mol. The van der Waals surface area contributed by atoms with Gasteiger partial charge in [0.1, 0.15) is 6.04 Å². The molecule has 12 heteroatoms. The molecule has 5 rings (SSSR count). The smallest absolute Gasteiger partial charge is 0.351 e. The molecule has 9 nitrogen and oxygen atoms in total. The molecule has 3 heterocycles. The molecule has 1 aliphatic carbocycles. The number of benzene rings is 1. The molecule has 1 aromatic carbocycles. The highest BCUT2D eigenvalue weighted by Gasteiger charge is 2.42. The van der Waals surface area contributed by atoms with Gasteiger partial charge in [0, 0.05) is 19.6 Å². The van der Waals surface area contributed by atoms with Crippen LogP contribution in [0.25, 0.3) is 0 Å². The van der Waals surface area contributed by atoms with E-state index in [-0.39, 0.29) is 31.2 Å². The van der Waals surface area contributed by atoms with Crippen molar-refractivity contribution in [1.82, 2.24) is 20.4 Å². The molecule has 1 saturated carbocycles. The number of carbonyl (C=O) groups is 3. The van der Waals surface area contributed by atoms with Crippen molar-refractivity contribution >= 4 is 29.2 Å². The Balaban J connectivity index is 1.27. The minimum atomic E-state index is -4.67. The summed E-state index contributed by atoms with van der Waals surface area (Å²) in [5, 5.41) is 13.7. The number of rotatable bonds is 6. The third kappa shape index (κ3) is 4.84. The lowest BCUT2D eigenvalue weighted by Crippen LogP contribution is -2.61. The Bertz CT molecular complexity index is 1200. The van der Waals surface area contributed by atoms with Crippen LogP contribution in [0.1, 0.15) is 52.1 Å². The van der Waals surface area contributed by atoms with Crippen LogP contribution >= 0.6 is 0 Å². The van der Waals surface area contributed by atoms with Gasteiger partial charge in [-0.1, -0.05) is 25.0 Å². The number of aromatic nitrogens is 2. The van der Waals surface area contributed by atoms with Crippen LogP contribution in [-0.2, 0) is 11.0 Å². The standard InChI is InChI=1S/C24H25F3N6O3/c25-24(26,27)16-6-2-1-5-15(16)23(36)32-10-11-33-19(13-32)22(35)29-17-12-18(30-31-20(17)33)21(34)28-9-3-4-14-7-8-14/h1-2,5-6,12,14,19H,3-4,7-11,13H2,(H,28,34)(H,29,35). The number of nitrogens with one attached hydrogen (secondary N) is 2. The zero-order valence-corrected chi connectivity index (χ0v) is 19.3. The van der Waals surface area contributed by atoms with Crippen molar-refractivity contribution in [2.24, 2.45) is 5.92 Å². The lowest BCUT2D eigenvalue weighted by Gasteiger charge is -2.44. The third-order valence-electron chi connectivity index (χ3n) is 6.74. The van der Waals surface area contributed by atoms with Gasteiger partial charge in [-0.15, -0.1) is 10.2 Å². The van der Waals surface area contributed by atoms with Crippen LogP contribution in [0.4, 0.5) is 24.7 Å². The van der Waals surface area contributed by atoms with Gasteiger partial charge in [-0.2, -0.15) is 13.2 Å². The summed E-state index contributed by atoms with van der Waals surface area (Å²) in [6.45, 7) is 0.697. The van der Waals surface area contributed by atoms with Gasteiger partial charge in [-0.05, 0) is 37.0 Å². The van der Waals surface area contributed by atoms with Crippen molar-refractivity contribution in [2.75, 3.05) is 36.4 Å². The van der Waals surface area contributed by atoms with Crippen molar-refractivity contribution in [2.45, 2.75) is 37.9 Å². The number of hydrogen-bond acceptors (Lipinski definition) is 6. The Morgan fingerprint density at radius 3 is 2.67 bits per heavy atom. The number of carbonyl (C=O) groups excluding carboxylic acids is 3. The number of alkyl halides is 3. The fourth-order valence-corrected chi connectivity index (χ4v) is 4.64. The predicted octanol–water partition coefficient (Wildman–Crippen LogP) is 2.70. The summed E-state index contributed by atoms with van der Waals surface area (Å²) >= 11 is 0. The summed E-state index contributed by atoms with van der Waals surface area (Å²) in [6.07, 6.45) is -0.179. The molecule has 2 N–H and O–H groups in total. The van der Waals surface area contributed by atoms with Crippen LogP contribution in [-0.4, -0.2) is 65.0 Å². The van der Waals surface area contributed by atoms with Crippen LogP contribution in [0.3, 0.4) is 0 Å². The molecule has 1 atom stereocenters. The molecule has 36 heavy (non-hydrogen) atoms. The van der Waals surface area contributed by atoms with Crippen molar-refractivity contribution in [3.63, 3.8) is 0 Å². The monoisotopic (exact) mass is 502 g/mol. The van der Waals surface area contributed by atoms with E-state index in [1.807, 2.05) is 0 Å². The minimum Gasteiger partial charge on any atom is -0.351 e. The molecule has 2 aliphatic heterocycles. The zero-order valence-electron chi connectivity index (χ0n) is 19.3. The first-order valence-electron chi connectivity index (χ1n) is 11.9. The van der Waals surface area contributed by atoms with Gasteiger partial charge >= 0.3 is 6.18 Å². The number of hydrogen-bond donors (Lipinski definition) is 2. The Labute approximate surface area is 205 Å². The SMILES string of the molecule is O=C(NCCCC1CC1)c1cc2c(nn1)N1CCN(C(=O)c3ccccc3C(F)(F)F)CC1C(=O)N2. The highest BCUT2D eigenvalue weighted by atomic mass is 19.4. The van der Waals surface area contributed by atoms with Gasteiger partial charge in [0.05, 0.1) is 23.4 Å². The molecule has 1 unspecified atom stereocenters. The number of amides is 3. The molecular formula is C24H25F3N6O3. The maximum atomic E-state index is 13.4. The molecule has 0 radical (unpaired) electrons.